The van der Waals surface area contributed by atoms with Crippen molar-refractivity contribution >= 4 is 0 Å². The summed E-state index contributed by atoms with van der Waals surface area (Å²) in [5, 5.41) is 0. The SMILES string of the molecule is CC(C)(C)c1cccc(OC(F)F)c1F. The van der Waals surface area contributed by atoms with Gasteiger partial charge in [-0.15, -0.1) is 0 Å². The van der Waals surface area contributed by atoms with Gasteiger partial charge in [0.1, 0.15) is 0 Å². The number of benzene rings is 1. The summed E-state index contributed by atoms with van der Waals surface area (Å²) >= 11 is 0. The molecule has 1 nitrogen and oxygen atoms in total. The van der Waals surface area contributed by atoms with Crippen molar-refractivity contribution in [2.24, 2.45) is 0 Å². The molecule has 1 rings (SSSR count). The Morgan fingerprint density at radius 3 is 2.27 bits per heavy atom. The van der Waals surface area contributed by atoms with Crippen molar-refractivity contribution in [1.29, 1.82) is 0 Å². The van der Waals surface area contributed by atoms with Gasteiger partial charge in [-0.3, -0.25) is 0 Å². The molecule has 0 unspecified atom stereocenters. The van der Waals surface area contributed by atoms with Crippen LogP contribution < -0.4 is 4.74 Å². The molecule has 0 aromatic heterocycles. The maximum atomic E-state index is 13.7. The lowest BCUT2D eigenvalue weighted by Crippen LogP contribution is -2.15. The minimum absolute atomic E-state index is 0.362. The van der Waals surface area contributed by atoms with Gasteiger partial charge in [0.15, 0.2) is 11.6 Å². The lowest BCUT2D eigenvalue weighted by atomic mass is 9.86. The van der Waals surface area contributed by atoms with Crippen molar-refractivity contribution in [2.45, 2.75) is 32.8 Å². The zero-order valence-electron chi connectivity index (χ0n) is 8.85. The van der Waals surface area contributed by atoms with Gasteiger partial charge < -0.3 is 4.74 Å². The number of alkyl halides is 2. The van der Waals surface area contributed by atoms with Crippen molar-refractivity contribution in [1.82, 2.24) is 0 Å². The van der Waals surface area contributed by atoms with E-state index in [-0.39, 0.29) is 0 Å². The Bertz CT molecular complexity index is 342. The Morgan fingerprint density at radius 2 is 1.80 bits per heavy atom. The second kappa shape index (κ2) is 4.13. The van der Waals surface area contributed by atoms with Crippen LogP contribution in [0.1, 0.15) is 26.3 Å². The number of ether oxygens (including phenoxy) is 1. The van der Waals surface area contributed by atoms with Crippen LogP contribution in [-0.2, 0) is 5.41 Å². The van der Waals surface area contributed by atoms with Crippen molar-refractivity contribution in [3.05, 3.63) is 29.6 Å². The first-order chi connectivity index (χ1) is 6.82. The van der Waals surface area contributed by atoms with Gasteiger partial charge in [0, 0.05) is 0 Å². The van der Waals surface area contributed by atoms with E-state index in [9.17, 15) is 13.2 Å². The number of hydrogen-bond acceptors (Lipinski definition) is 1. The molecule has 15 heavy (non-hydrogen) atoms. The fourth-order valence-corrected chi connectivity index (χ4v) is 1.28. The number of hydrogen-bond donors (Lipinski definition) is 0. The Labute approximate surface area is 86.9 Å². The first-order valence-corrected chi connectivity index (χ1v) is 4.56. The highest BCUT2D eigenvalue weighted by atomic mass is 19.3. The largest absolute Gasteiger partial charge is 0.432 e. The first kappa shape index (κ1) is 11.9. The van der Waals surface area contributed by atoms with Crippen LogP contribution in [-0.4, -0.2) is 6.61 Å². The van der Waals surface area contributed by atoms with E-state index in [0.29, 0.717) is 5.56 Å². The van der Waals surface area contributed by atoms with Crippen molar-refractivity contribution < 1.29 is 17.9 Å². The van der Waals surface area contributed by atoms with Crippen LogP contribution in [0, 0.1) is 5.82 Å². The third kappa shape index (κ3) is 2.88. The van der Waals surface area contributed by atoms with Gasteiger partial charge in [-0.05, 0) is 17.0 Å². The van der Waals surface area contributed by atoms with E-state index in [1.807, 2.05) is 0 Å². The standard InChI is InChI=1S/C11H13F3O/c1-11(2,3)7-5-4-6-8(9(7)12)15-10(13)14/h4-6,10H,1-3H3. The molecule has 1 aromatic carbocycles. The van der Waals surface area contributed by atoms with Gasteiger partial charge in [0.05, 0.1) is 0 Å². The molecule has 0 saturated carbocycles. The molecular formula is C11H13F3O. The molecule has 4 heteroatoms. The van der Waals surface area contributed by atoms with Crippen molar-refractivity contribution in [3.63, 3.8) is 0 Å². The number of halogens is 3. The minimum atomic E-state index is -3.00. The van der Waals surface area contributed by atoms with Crippen LogP contribution in [0.5, 0.6) is 5.75 Å². The molecule has 0 aliphatic rings. The zero-order chi connectivity index (χ0) is 11.6. The van der Waals surface area contributed by atoms with E-state index >= 15 is 0 Å². The summed E-state index contributed by atoms with van der Waals surface area (Å²) in [4.78, 5) is 0. The van der Waals surface area contributed by atoms with Crippen LogP contribution in [0.4, 0.5) is 13.2 Å². The third-order valence-corrected chi connectivity index (χ3v) is 1.99. The van der Waals surface area contributed by atoms with Gasteiger partial charge in [-0.2, -0.15) is 8.78 Å². The molecule has 0 spiro atoms. The molecule has 0 N–H and O–H groups in total. The van der Waals surface area contributed by atoms with Crippen LogP contribution in [0.15, 0.2) is 18.2 Å². The highest BCUT2D eigenvalue weighted by molar-refractivity contribution is 5.34. The fourth-order valence-electron chi connectivity index (χ4n) is 1.28. The van der Waals surface area contributed by atoms with Gasteiger partial charge in [-0.25, -0.2) is 4.39 Å². The Morgan fingerprint density at radius 1 is 1.20 bits per heavy atom. The van der Waals surface area contributed by atoms with E-state index in [1.54, 1.807) is 26.8 Å². The predicted molar refractivity (Wildman–Crippen MR) is 51.7 cm³/mol. The second-order valence-electron chi connectivity index (χ2n) is 4.25. The summed E-state index contributed by atoms with van der Waals surface area (Å²) < 4.78 is 41.6. The van der Waals surface area contributed by atoms with Gasteiger partial charge in [-0.1, -0.05) is 32.9 Å². The molecule has 84 valence electrons. The monoisotopic (exact) mass is 218 g/mol. The zero-order valence-corrected chi connectivity index (χ0v) is 8.85. The molecule has 0 atom stereocenters. The van der Waals surface area contributed by atoms with Gasteiger partial charge in [0.25, 0.3) is 0 Å². The van der Waals surface area contributed by atoms with E-state index in [0.717, 1.165) is 0 Å². The van der Waals surface area contributed by atoms with Gasteiger partial charge >= 0.3 is 6.61 Å². The molecule has 0 fully saturated rings. The average Bonchev–Trinajstić information content (AvgIpc) is 2.05. The fraction of sp³-hybridized carbons (Fsp3) is 0.455. The maximum absolute atomic E-state index is 13.7. The van der Waals surface area contributed by atoms with Crippen LogP contribution in [0.3, 0.4) is 0 Å². The van der Waals surface area contributed by atoms with Crippen LogP contribution in [0.2, 0.25) is 0 Å². The molecule has 1 aromatic rings. The van der Waals surface area contributed by atoms with Gasteiger partial charge in [0.2, 0.25) is 0 Å². The van der Waals surface area contributed by atoms with Crippen molar-refractivity contribution in [2.75, 3.05) is 0 Å². The summed E-state index contributed by atoms with van der Waals surface area (Å²) in [6.07, 6.45) is 0. The summed E-state index contributed by atoms with van der Waals surface area (Å²) in [5.74, 6) is -1.12. The van der Waals surface area contributed by atoms with Crippen LogP contribution in [0.25, 0.3) is 0 Å². The second-order valence-corrected chi connectivity index (χ2v) is 4.25. The predicted octanol–water partition coefficient (Wildman–Crippen LogP) is 3.72. The van der Waals surface area contributed by atoms with E-state index in [2.05, 4.69) is 4.74 Å². The highest BCUT2D eigenvalue weighted by Crippen LogP contribution is 2.30. The van der Waals surface area contributed by atoms with E-state index in [1.165, 1.54) is 12.1 Å². The summed E-state index contributed by atoms with van der Waals surface area (Å²) in [7, 11) is 0. The molecule has 0 bridgehead atoms. The Kier molecular flexibility index (Phi) is 3.27. The molecule has 0 amide bonds. The topological polar surface area (TPSA) is 9.23 Å². The van der Waals surface area contributed by atoms with Crippen molar-refractivity contribution in [3.8, 4) is 5.75 Å². The molecule has 0 heterocycles. The smallest absolute Gasteiger partial charge is 0.387 e. The summed E-state index contributed by atoms with van der Waals surface area (Å²) in [6.45, 7) is 2.40. The Hall–Kier alpha value is -1.19. The average molecular weight is 218 g/mol. The summed E-state index contributed by atoms with van der Waals surface area (Å²) in [6, 6.07) is 4.26. The van der Waals surface area contributed by atoms with E-state index in [4.69, 9.17) is 0 Å². The lowest BCUT2D eigenvalue weighted by Gasteiger charge is -2.20. The quantitative estimate of drug-likeness (QED) is 0.735. The lowest BCUT2D eigenvalue weighted by molar-refractivity contribution is -0.0523. The molecular weight excluding hydrogens is 205 g/mol. The molecule has 0 aliphatic heterocycles. The highest BCUT2D eigenvalue weighted by Gasteiger charge is 2.21. The third-order valence-electron chi connectivity index (χ3n) is 1.99. The minimum Gasteiger partial charge on any atom is -0.432 e. The van der Waals surface area contributed by atoms with E-state index < -0.39 is 23.6 Å². The Balaban J connectivity index is 3.12. The molecule has 0 saturated heterocycles. The summed E-state index contributed by atoms with van der Waals surface area (Å²) in [5.41, 5.74) is -0.0772. The normalized spacial score (nSPS) is 11.9. The first-order valence-electron chi connectivity index (χ1n) is 4.56. The maximum Gasteiger partial charge on any atom is 0.387 e. The molecule has 0 radical (unpaired) electrons. The number of rotatable bonds is 2. The van der Waals surface area contributed by atoms with Crippen LogP contribution >= 0.6 is 0 Å². The molecule has 0 aliphatic carbocycles.